The van der Waals surface area contributed by atoms with E-state index >= 15 is 0 Å². The van der Waals surface area contributed by atoms with Gasteiger partial charge >= 0.3 is 0 Å². The summed E-state index contributed by atoms with van der Waals surface area (Å²) in [7, 11) is 0. The van der Waals surface area contributed by atoms with Crippen LogP contribution in [0, 0.1) is 0 Å². The molecule has 1 aliphatic rings. The quantitative estimate of drug-likeness (QED) is 0.874. The number of hydrogen-bond acceptors (Lipinski definition) is 4. The van der Waals surface area contributed by atoms with Crippen molar-refractivity contribution < 1.29 is 14.4 Å². The van der Waals surface area contributed by atoms with Gasteiger partial charge in [0.25, 0.3) is 11.8 Å². The predicted octanol–water partition coefficient (Wildman–Crippen LogP) is 1.17. The molecule has 2 aromatic heterocycles. The number of nitrogens with zero attached hydrogens (tertiary/aromatic N) is 4. The molecule has 1 saturated heterocycles. The molecule has 1 fully saturated rings. The first kappa shape index (κ1) is 18.9. The number of fused-ring (bicyclic) bond motifs is 1. The molecule has 3 rings (SSSR count). The van der Waals surface area contributed by atoms with Gasteiger partial charge < -0.3 is 15.1 Å². The van der Waals surface area contributed by atoms with Crippen LogP contribution in [0.2, 0.25) is 0 Å². The van der Waals surface area contributed by atoms with E-state index in [1.807, 2.05) is 19.9 Å². The van der Waals surface area contributed by atoms with Gasteiger partial charge in [0, 0.05) is 45.3 Å². The van der Waals surface area contributed by atoms with E-state index in [2.05, 4.69) is 10.3 Å². The van der Waals surface area contributed by atoms with Gasteiger partial charge in [-0.25, -0.2) is 4.98 Å². The molecule has 1 N–H and O–H groups in total. The molecule has 1 aliphatic heterocycles. The summed E-state index contributed by atoms with van der Waals surface area (Å²) in [6.07, 6.45) is 2.54. The Kier molecular flexibility index (Phi) is 5.43. The largest absolute Gasteiger partial charge is 0.347 e. The molecule has 1 unspecified atom stereocenters. The Balaban J connectivity index is 1.88. The lowest BCUT2D eigenvalue weighted by Crippen LogP contribution is -2.50. The molecule has 0 aromatic carbocycles. The molecule has 0 radical (unpaired) electrons. The number of carbonyl (C=O) groups excluding carboxylic acids is 3. The van der Waals surface area contributed by atoms with E-state index in [-0.39, 0.29) is 35.3 Å². The summed E-state index contributed by atoms with van der Waals surface area (Å²) in [5.41, 5.74) is 0.868. The fourth-order valence-electron chi connectivity index (χ4n) is 3.12. The Morgan fingerprint density at radius 3 is 2.44 bits per heavy atom. The molecule has 0 saturated carbocycles. The Morgan fingerprint density at radius 1 is 1.15 bits per heavy atom. The monoisotopic (exact) mass is 371 g/mol. The lowest BCUT2D eigenvalue weighted by Gasteiger charge is -2.33. The Morgan fingerprint density at radius 2 is 1.81 bits per heavy atom. The van der Waals surface area contributed by atoms with Crippen molar-refractivity contribution in [3.8, 4) is 0 Å². The van der Waals surface area contributed by atoms with Crippen molar-refractivity contribution in [2.24, 2.45) is 0 Å². The Bertz CT molecular complexity index is 867. The minimum atomic E-state index is -0.300. The molecule has 8 nitrogen and oxygen atoms in total. The van der Waals surface area contributed by atoms with E-state index < -0.39 is 0 Å². The van der Waals surface area contributed by atoms with E-state index in [4.69, 9.17) is 0 Å². The summed E-state index contributed by atoms with van der Waals surface area (Å²) in [5, 5.41) is 2.90. The van der Waals surface area contributed by atoms with Crippen molar-refractivity contribution in [2.45, 2.75) is 33.2 Å². The van der Waals surface area contributed by atoms with E-state index in [9.17, 15) is 14.4 Å². The summed E-state index contributed by atoms with van der Waals surface area (Å²) in [5.74, 6) is -0.300. The number of piperazine rings is 1. The third-order valence-electron chi connectivity index (χ3n) is 4.96. The fraction of sp³-hybridized carbons (Fsp3) is 0.474. The van der Waals surface area contributed by atoms with Crippen LogP contribution in [-0.2, 0) is 4.79 Å². The highest BCUT2D eigenvalue weighted by atomic mass is 16.2. The zero-order chi connectivity index (χ0) is 19.6. The molecule has 0 bridgehead atoms. The van der Waals surface area contributed by atoms with E-state index in [0.717, 1.165) is 6.42 Å². The molecule has 144 valence electrons. The maximum Gasteiger partial charge on any atom is 0.287 e. The fourth-order valence-corrected chi connectivity index (χ4v) is 3.12. The van der Waals surface area contributed by atoms with Gasteiger partial charge in [0.1, 0.15) is 0 Å². The molecule has 3 heterocycles. The van der Waals surface area contributed by atoms with Gasteiger partial charge in [-0.3, -0.25) is 18.8 Å². The van der Waals surface area contributed by atoms with Crippen LogP contribution in [-0.4, -0.2) is 69.1 Å². The van der Waals surface area contributed by atoms with Gasteiger partial charge in [-0.1, -0.05) is 13.0 Å². The molecule has 2 aromatic rings. The number of pyridine rings is 1. The number of hydrogen-bond donors (Lipinski definition) is 1. The summed E-state index contributed by atoms with van der Waals surface area (Å²) >= 11 is 0. The summed E-state index contributed by atoms with van der Waals surface area (Å²) in [6, 6.07) is 5.42. The van der Waals surface area contributed by atoms with Crippen molar-refractivity contribution >= 4 is 23.2 Å². The maximum atomic E-state index is 13.0. The minimum absolute atomic E-state index is 0.0125. The molecule has 3 amide bonds. The standard InChI is InChI=1S/C19H25N5O3/c1-4-13(2)20-18(26)17-21-16(15-7-5-6-8-24(15)17)19(27)23-11-9-22(10-12-23)14(3)25/h5-8,13H,4,9-12H2,1-3H3,(H,20,26). The van der Waals surface area contributed by atoms with Crippen LogP contribution < -0.4 is 5.32 Å². The van der Waals surface area contributed by atoms with Crippen LogP contribution in [0.15, 0.2) is 24.4 Å². The first-order valence-corrected chi connectivity index (χ1v) is 9.25. The molecule has 27 heavy (non-hydrogen) atoms. The van der Waals surface area contributed by atoms with Gasteiger partial charge in [0.15, 0.2) is 5.69 Å². The third kappa shape index (κ3) is 3.79. The minimum Gasteiger partial charge on any atom is -0.347 e. The van der Waals surface area contributed by atoms with Crippen LogP contribution >= 0.6 is 0 Å². The molecule has 1 atom stereocenters. The van der Waals surface area contributed by atoms with Gasteiger partial charge in [-0.2, -0.15) is 0 Å². The van der Waals surface area contributed by atoms with E-state index in [0.29, 0.717) is 31.7 Å². The molecule has 0 spiro atoms. The predicted molar refractivity (Wildman–Crippen MR) is 101 cm³/mol. The average molecular weight is 371 g/mol. The van der Waals surface area contributed by atoms with Gasteiger partial charge in [0.2, 0.25) is 11.7 Å². The number of nitrogens with one attached hydrogen (secondary N) is 1. The molecular formula is C19H25N5O3. The third-order valence-corrected chi connectivity index (χ3v) is 4.96. The van der Waals surface area contributed by atoms with Gasteiger partial charge in [-0.05, 0) is 25.5 Å². The maximum absolute atomic E-state index is 13.0. The van der Waals surface area contributed by atoms with Crippen molar-refractivity contribution in [2.75, 3.05) is 26.2 Å². The van der Waals surface area contributed by atoms with Crippen LogP contribution in [0.1, 0.15) is 48.3 Å². The number of imidazole rings is 1. The zero-order valence-corrected chi connectivity index (χ0v) is 15.9. The summed E-state index contributed by atoms with van der Waals surface area (Å²) in [6.45, 7) is 7.38. The van der Waals surface area contributed by atoms with Crippen LogP contribution in [0.4, 0.5) is 0 Å². The van der Waals surface area contributed by atoms with Crippen molar-refractivity contribution in [1.82, 2.24) is 24.5 Å². The first-order valence-electron chi connectivity index (χ1n) is 9.25. The van der Waals surface area contributed by atoms with Gasteiger partial charge in [0.05, 0.1) is 5.52 Å². The normalized spacial score (nSPS) is 15.7. The summed E-state index contributed by atoms with van der Waals surface area (Å²) in [4.78, 5) is 44.9. The molecule has 0 aliphatic carbocycles. The molecular weight excluding hydrogens is 346 g/mol. The second-order valence-electron chi connectivity index (χ2n) is 6.82. The highest BCUT2D eigenvalue weighted by Crippen LogP contribution is 2.17. The van der Waals surface area contributed by atoms with Crippen molar-refractivity contribution in [3.05, 3.63) is 35.9 Å². The first-order chi connectivity index (χ1) is 12.9. The average Bonchev–Trinajstić information content (AvgIpc) is 3.07. The van der Waals surface area contributed by atoms with Crippen LogP contribution in [0.5, 0.6) is 0 Å². The number of rotatable bonds is 4. The van der Waals surface area contributed by atoms with Crippen LogP contribution in [0.25, 0.3) is 5.52 Å². The van der Waals surface area contributed by atoms with Crippen LogP contribution in [0.3, 0.4) is 0 Å². The zero-order valence-electron chi connectivity index (χ0n) is 15.9. The summed E-state index contributed by atoms with van der Waals surface area (Å²) < 4.78 is 1.65. The Labute approximate surface area is 158 Å². The topological polar surface area (TPSA) is 87.0 Å². The van der Waals surface area contributed by atoms with E-state index in [1.165, 1.54) is 6.92 Å². The highest BCUT2D eigenvalue weighted by Gasteiger charge is 2.28. The number of amides is 3. The highest BCUT2D eigenvalue weighted by molar-refractivity contribution is 6.02. The number of aromatic nitrogens is 2. The van der Waals surface area contributed by atoms with Crippen molar-refractivity contribution in [1.29, 1.82) is 0 Å². The molecule has 8 heteroatoms. The van der Waals surface area contributed by atoms with E-state index in [1.54, 1.807) is 32.5 Å². The van der Waals surface area contributed by atoms with Gasteiger partial charge in [-0.15, -0.1) is 0 Å². The van der Waals surface area contributed by atoms with Crippen molar-refractivity contribution in [3.63, 3.8) is 0 Å². The SMILES string of the molecule is CCC(C)NC(=O)c1nc(C(=O)N2CCN(C(C)=O)CC2)c2ccccn12. The number of carbonyl (C=O) groups is 3. The lowest BCUT2D eigenvalue weighted by atomic mass is 10.2. The smallest absolute Gasteiger partial charge is 0.287 e. The lowest BCUT2D eigenvalue weighted by molar-refractivity contribution is -0.130. The second kappa shape index (κ2) is 7.77. The Hall–Kier alpha value is -2.90. The second-order valence-corrected chi connectivity index (χ2v) is 6.82.